The number of hydrogen-bond acceptors (Lipinski definition) is 9. The van der Waals surface area contributed by atoms with E-state index in [2.05, 4.69) is 22.6 Å². The Morgan fingerprint density at radius 3 is 2.49 bits per heavy atom. The topological polar surface area (TPSA) is 161 Å². The van der Waals surface area contributed by atoms with Crippen LogP contribution in [0.5, 0.6) is 5.75 Å². The highest BCUT2D eigenvalue weighted by Crippen LogP contribution is 2.53. The highest BCUT2D eigenvalue weighted by molar-refractivity contribution is 14.1. The van der Waals surface area contributed by atoms with Crippen molar-refractivity contribution in [3.05, 3.63) is 31.9 Å². The van der Waals surface area contributed by atoms with Crippen molar-refractivity contribution in [1.29, 1.82) is 0 Å². The number of hydrogen-bond donors (Lipinski definition) is 5. The number of fused-ring (bicyclic) bond motifs is 3. The molecular formula is C28H35IN2O7S. The van der Waals surface area contributed by atoms with E-state index >= 15 is 0 Å². The lowest BCUT2D eigenvalue weighted by Gasteiger charge is -2.53. The molecule has 6 atom stereocenters. The minimum Gasteiger partial charge on any atom is -0.507 e. The first kappa shape index (κ1) is 28.8. The number of aliphatic hydroxyl groups is 3. The Bertz CT molecular complexity index is 1260. The van der Waals surface area contributed by atoms with Crippen molar-refractivity contribution in [2.75, 3.05) is 14.1 Å². The number of phenolic OH excluding ortho intramolecular Hbond substituents is 1. The predicted octanol–water partition coefficient (Wildman–Crippen LogP) is 2.30. The summed E-state index contributed by atoms with van der Waals surface area (Å²) in [7, 11) is 3.28. The van der Waals surface area contributed by atoms with E-state index in [-0.39, 0.29) is 23.3 Å². The number of carbonyl (C=O) groups is 3. The lowest BCUT2D eigenvalue weighted by atomic mass is 9.54. The number of thioether (sulfide) groups is 1. The minimum atomic E-state index is -2.64. The third-order valence-electron chi connectivity index (χ3n) is 9.14. The molecule has 9 nitrogen and oxygen atoms in total. The molecule has 0 heterocycles. The number of primary amides is 1. The standard InChI is InChI=1S/C28H35IN2O7S/c1-31(2)21-16-9-12-8-15-17(29)10-13(11-39-14-6-4-3-5-7-14)22(32)19(15)23(33)18(12)25(35)28(16,38)26(36)20(24(21)34)27(30)37/h10,12,14,16,20-21,24,32-34,38H,3-9,11H2,1-2H3,(H2,30,37). The molecule has 11 heteroatoms. The van der Waals surface area contributed by atoms with Gasteiger partial charge in [0.15, 0.2) is 11.4 Å². The Balaban J connectivity index is 1.57. The summed E-state index contributed by atoms with van der Waals surface area (Å²) >= 11 is 3.97. The highest BCUT2D eigenvalue weighted by Gasteiger charge is 2.67. The third-order valence-corrected chi connectivity index (χ3v) is 11.5. The van der Waals surface area contributed by atoms with Crippen molar-refractivity contribution in [3.63, 3.8) is 0 Å². The molecule has 0 bridgehead atoms. The van der Waals surface area contributed by atoms with Crippen LogP contribution >= 0.6 is 34.4 Å². The summed E-state index contributed by atoms with van der Waals surface area (Å²) in [5.74, 6) is -6.55. The molecule has 5 rings (SSSR count). The Morgan fingerprint density at radius 1 is 1.21 bits per heavy atom. The Kier molecular flexibility index (Phi) is 7.86. The summed E-state index contributed by atoms with van der Waals surface area (Å²) in [5.41, 5.74) is 4.23. The molecule has 1 aromatic rings. The normalized spacial score (nSPS) is 33.1. The van der Waals surface area contributed by atoms with Crippen molar-refractivity contribution in [2.45, 2.75) is 73.7 Å². The maximum Gasteiger partial charge on any atom is 0.230 e. The van der Waals surface area contributed by atoms with Gasteiger partial charge in [0, 0.05) is 37.7 Å². The first-order chi connectivity index (χ1) is 18.4. The first-order valence-corrected chi connectivity index (χ1v) is 15.6. The fourth-order valence-electron chi connectivity index (χ4n) is 7.23. The second kappa shape index (κ2) is 10.6. The summed E-state index contributed by atoms with van der Waals surface area (Å²) in [5, 5.41) is 46.0. The van der Waals surface area contributed by atoms with E-state index in [1.165, 1.54) is 19.3 Å². The quantitative estimate of drug-likeness (QED) is 0.234. The predicted molar refractivity (Wildman–Crippen MR) is 155 cm³/mol. The maximum atomic E-state index is 14.0. The molecule has 4 aliphatic carbocycles. The molecule has 6 unspecified atom stereocenters. The van der Waals surface area contributed by atoms with Crippen molar-refractivity contribution in [1.82, 2.24) is 4.90 Å². The zero-order valence-corrected chi connectivity index (χ0v) is 25.0. The van der Waals surface area contributed by atoms with Crippen molar-refractivity contribution < 1.29 is 34.8 Å². The van der Waals surface area contributed by atoms with Crippen LogP contribution in [0.25, 0.3) is 5.76 Å². The highest BCUT2D eigenvalue weighted by atomic mass is 127. The van der Waals surface area contributed by atoms with E-state index in [0.717, 1.165) is 16.4 Å². The van der Waals surface area contributed by atoms with Gasteiger partial charge in [0.2, 0.25) is 11.7 Å². The largest absolute Gasteiger partial charge is 0.507 e. The van der Waals surface area contributed by atoms with Gasteiger partial charge in [-0.15, -0.1) is 0 Å². The molecule has 39 heavy (non-hydrogen) atoms. The summed E-state index contributed by atoms with van der Waals surface area (Å²) in [4.78, 5) is 41.2. The number of rotatable bonds is 5. The van der Waals surface area contributed by atoms with E-state index in [4.69, 9.17) is 5.73 Å². The first-order valence-electron chi connectivity index (χ1n) is 13.4. The number of halogens is 1. The molecule has 0 aromatic heterocycles. The number of aromatic hydroxyl groups is 1. The fourth-order valence-corrected chi connectivity index (χ4v) is 9.40. The molecule has 0 saturated heterocycles. The lowest BCUT2D eigenvalue weighted by molar-refractivity contribution is -0.184. The average Bonchev–Trinajstić information content (AvgIpc) is 2.87. The smallest absolute Gasteiger partial charge is 0.230 e. The van der Waals surface area contributed by atoms with Crippen LogP contribution in [0.1, 0.15) is 55.2 Å². The van der Waals surface area contributed by atoms with Crippen LogP contribution < -0.4 is 5.73 Å². The summed E-state index contributed by atoms with van der Waals surface area (Å²) in [6.45, 7) is 0. The molecule has 0 spiro atoms. The number of ketones is 2. The van der Waals surface area contributed by atoms with Gasteiger partial charge in [-0.25, -0.2) is 0 Å². The van der Waals surface area contributed by atoms with Crippen molar-refractivity contribution >= 4 is 57.6 Å². The van der Waals surface area contributed by atoms with E-state index in [1.807, 2.05) is 6.07 Å². The fraction of sp³-hybridized carbons (Fsp3) is 0.607. The number of nitrogens with two attached hydrogens (primary N) is 1. The molecule has 0 radical (unpaired) electrons. The number of aliphatic hydroxyl groups excluding tert-OH is 2. The SMILES string of the molecule is CN(C)C1C(O)C(C(N)=O)C(=O)C2(O)C(=O)C3=C(O)c4c(O)c(CSC5CCCCC5)cc(I)c4CC3CC12. The molecule has 1 amide bonds. The van der Waals surface area contributed by atoms with E-state index in [0.29, 0.717) is 28.6 Å². The van der Waals surface area contributed by atoms with E-state index < -0.39 is 58.7 Å². The number of carbonyl (C=O) groups excluding carboxylic acids is 3. The van der Waals surface area contributed by atoms with Gasteiger partial charge in [-0.05, 0) is 79.9 Å². The monoisotopic (exact) mass is 670 g/mol. The summed E-state index contributed by atoms with van der Waals surface area (Å²) < 4.78 is 0.858. The zero-order chi connectivity index (χ0) is 28.4. The van der Waals surface area contributed by atoms with E-state index in [9.17, 15) is 34.8 Å². The van der Waals surface area contributed by atoms with Crippen LogP contribution in [0.4, 0.5) is 0 Å². The lowest BCUT2D eigenvalue weighted by Crippen LogP contribution is -2.73. The third kappa shape index (κ3) is 4.52. The molecule has 4 aliphatic rings. The molecule has 6 N–H and O–H groups in total. The molecule has 212 valence electrons. The van der Waals surface area contributed by atoms with Crippen LogP contribution in [0.3, 0.4) is 0 Å². The molecule has 1 aromatic carbocycles. The van der Waals surface area contributed by atoms with Crippen molar-refractivity contribution in [3.8, 4) is 5.75 Å². The van der Waals surface area contributed by atoms with Gasteiger partial charge in [0.1, 0.15) is 17.4 Å². The number of nitrogens with zero attached hydrogens (tertiary/aromatic N) is 1. The zero-order valence-electron chi connectivity index (χ0n) is 22.0. The van der Waals surface area contributed by atoms with Crippen molar-refractivity contribution in [2.24, 2.45) is 23.5 Å². The second-order valence-corrected chi connectivity index (χ2v) is 14.0. The van der Waals surface area contributed by atoms with Crippen LogP contribution in [0.2, 0.25) is 0 Å². The molecule has 3 saturated carbocycles. The minimum absolute atomic E-state index is 0.0920. The summed E-state index contributed by atoms with van der Waals surface area (Å²) in [6.07, 6.45) is 4.88. The Hall–Kier alpha value is -1.67. The number of amides is 1. The van der Waals surface area contributed by atoms with Gasteiger partial charge in [0.25, 0.3) is 0 Å². The molecular weight excluding hydrogens is 635 g/mol. The number of Topliss-reactive ketones (excluding diaryl/α,β-unsaturated/α-hetero) is 2. The van der Waals surface area contributed by atoms with Crippen LogP contribution in [0.15, 0.2) is 11.6 Å². The molecule has 3 fully saturated rings. The van der Waals surface area contributed by atoms with Crippen LogP contribution in [-0.2, 0) is 26.6 Å². The number of benzene rings is 1. The van der Waals surface area contributed by atoms with Gasteiger partial charge in [-0.2, -0.15) is 11.8 Å². The van der Waals surface area contributed by atoms with Gasteiger partial charge in [0.05, 0.1) is 11.7 Å². The second-order valence-electron chi connectivity index (χ2n) is 11.6. The maximum absolute atomic E-state index is 14.0. The van der Waals surface area contributed by atoms with Gasteiger partial charge in [-0.3, -0.25) is 14.4 Å². The Morgan fingerprint density at radius 2 is 1.87 bits per heavy atom. The van der Waals surface area contributed by atoms with Gasteiger partial charge in [-0.1, -0.05) is 19.3 Å². The van der Waals surface area contributed by atoms with Crippen LogP contribution in [0, 0.1) is 21.3 Å². The molecule has 0 aliphatic heterocycles. The van der Waals surface area contributed by atoms with Gasteiger partial charge < -0.3 is 31.1 Å². The number of phenols is 1. The van der Waals surface area contributed by atoms with E-state index in [1.54, 1.807) is 30.8 Å². The number of likely N-dealkylation sites (N-methyl/N-ethyl adjacent to an activating group) is 1. The average molecular weight is 671 g/mol. The van der Waals surface area contributed by atoms with Gasteiger partial charge >= 0.3 is 0 Å². The summed E-state index contributed by atoms with van der Waals surface area (Å²) in [6, 6.07) is 1.03. The van der Waals surface area contributed by atoms with Crippen LogP contribution in [-0.4, -0.2) is 79.9 Å². The Labute approximate surface area is 245 Å².